The Labute approximate surface area is 229 Å². The van der Waals surface area contributed by atoms with E-state index in [2.05, 4.69) is 17.0 Å². The molecule has 1 N–H and O–H groups in total. The lowest BCUT2D eigenvalue weighted by atomic mass is 9.87. The van der Waals surface area contributed by atoms with Gasteiger partial charge in [-0.2, -0.15) is 5.26 Å². The Hall–Kier alpha value is -3.69. The van der Waals surface area contributed by atoms with Gasteiger partial charge in [-0.05, 0) is 121 Å². The highest BCUT2D eigenvalue weighted by Gasteiger charge is 2.24. The van der Waals surface area contributed by atoms with Crippen LogP contribution in [-0.4, -0.2) is 42.4 Å². The van der Waals surface area contributed by atoms with Crippen molar-refractivity contribution in [3.63, 3.8) is 0 Å². The van der Waals surface area contributed by atoms with Gasteiger partial charge in [-0.15, -0.1) is 0 Å². The van der Waals surface area contributed by atoms with E-state index in [1.54, 1.807) is 12.1 Å². The molecule has 3 aromatic carbocycles. The lowest BCUT2D eigenvalue weighted by molar-refractivity contribution is 0.199. The molecule has 39 heavy (non-hydrogen) atoms. The summed E-state index contributed by atoms with van der Waals surface area (Å²) in [5, 5.41) is 19.3. The fourth-order valence-electron chi connectivity index (χ4n) is 5.78. The maximum absolute atomic E-state index is 14.6. The second kappa shape index (κ2) is 12.4. The van der Waals surface area contributed by atoms with Crippen molar-refractivity contribution >= 4 is 11.1 Å². The number of likely N-dealkylation sites (tertiary alicyclic amines) is 1. The van der Waals surface area contributed by atoms with Gasteiger partial charge in [-0.3, -0.25) is 9.29 Å². The van der Waals surface area contributed by atoms with Gasteiger partial charge in [0.2, 0.25) is 0 Å². The SMILES string of the molecule is N#Cc1ccc(C2=C(c3ccc(O[C@H]4CCN(CCCCCF)C4)cc3)c3ccc(O)cc3CCC2)cc1F. The lowest BCUT2D eigenvalue weighted by Gasteiger charge is -2.19. The van der Waals surface area contributed by atoms with Crippen LogP contribution in [-0.2, 0) is 6.42 Å². The second-order valence-electron chi connectivity index (χ2n) is 10.5. The number of aryl methyl sites for hydroxylation is 1. The summed E-state index contributed by atoms with van der Waals surface area (Å²) >= 11 is 0. The van der Waals surface area contributed by atoms with E-state index in [0.29, 0.717) is 6.42 Å². The average molecular weight is 529 g/mol. The molecule has 3 aromatic rings. The summed E-state index contributed by atoms with van der Waals surface area (Å²) in [6.45, 7) is 2.63. The maximum atomic E-state index is 14.6. The predicted molar refractivity (Wildman–Crippen MR) is 150 cm³/mol. The number of hydrogen-bond donors (Lipinski definition) is 1. The van der Waals surface area contributed by atoms with Crippen LogP contribution in [0.3, 0.4) is 0 Å². The second-order valence-corrected chi connectivity index (χ2v) is 10.5. The first-order chi connectivity index (χ1) is 19.1. The van der Waals surface area contributed by atoms with Gasteiger partial charge in [-0.25, -0.2) is 4.39 Å². The molecule has 0 saturated carbocycles. The minimum absolute atomic E-state index is 0.0339. The average Bonchev–Trinajstić information content (AvgIpc) is 3.30. The zero-order valence-corrected chi connectivity index (χ0v) is 22.1. The van der Waals surface area contributed by atoms with E-state index in [1.807, 2.05) is 36.4 Å². The van der Waals surface area contributed by atoms with E-state index < -0.39 is 5.82 Å². The summed E-state index contributed by atoms with van der Waals surface area (Å²) in [6, 6.07) is 20.3. The molecular weight excluding hydrogens is 494 g/mol. The highest BCUT2D eigenvalue weighted by Crippen LogP contribution is 2.41. The minimum Gasteiger partial charge on any atom is -0.508 e. The van der Waals surface area contributed by atoms with E-state index in [4.69, 9.17) is 4.74 Å². The van der Waals surface area contributed by atoms with Gasteiger partial charge in [0.05, 0.1) is 12.2 Å². The van der Waals surface area contributed by atoms with Crippen LogP contribution >= 0.6 is 0 Å². The Morgan fingerprint density at radius 3 is 2.56 bits per heavy atom. The Bertz CT molecular complexity index is 1380. The highest BCUT2D eigenvalue weighted by atomic mass is 19.1. The Morgan fingerprint density at radius 2 is 1.79 bits per heavy atom. The summed E-state index contributed by atoms with van der Waals surface area (Å²) in [5.74, 6) is 0.528. The number of rotatable bonds is 9. The quantitative estimate of drug-likeness (QED) is 0.296. The van der Waals surface area contributed by atoms with Gasteiger partial charge in [-0.1, -0.05) is 24.3 Å². The number of phenolic OH excluding ortho intramolecular Hbond substituents is 1. The number of fused-ring (bicyclic) bond motifs is 1. The van der Waals surface area contributed by atoms with Crippen molar-refractivity contribution in [2.75, 3.05) is 26.3 Å². The smallest absolute Gasteiger partial charge is 0.141 e. The topological polar surface area (TPSA) is 56.5 Å². The van der Waals surface area contributed by atoms with Crippen LogP contribution in [0.5, 0.6) is 11.5 Å². The van der Waals surface area contributed by atoms with E-state index >= 15 is 0 Å². The van der Waals surface area contributed by atoms with Crippen molar-refractivity contribution in [1.82, 2.24) is 4.90 Å². The lowest BCUT2D eigenvalue weighted by Crippen LogP contribution is -2.25. The number of aromatic hydroxyl groups is 1. The van der Waals surface area contributed by atoms with Crippen molar-refractivity contribution < 1.29 is 18.6 Å². The van der Waals surface area contributed by atoms with Crippen molar-refractivity contribution in [3.05, 3.63) is 94.3 Å². The zero-order valence-electron chi connectivity index (χ0n) is 22.1. The number of hydrogen-bond acceptors (Lipinski definition) is 4. The molecule has 1 atom stereocenters. The minimum atomic E-state index is -0.520. The molecule has 2 aliphatic rings. The van der Waals surface area contributed by atoms with E-state index in [0.717, 1.165) is 97.3 Å². The summed E-state index contributed by atoms with van der Waals surface area (Å²) in [7, 11) is 0. The third kappa shape index (κ3) is 6.32. The van der Waals surface area contributed by atoms with Crippen molar-refractivity contribution in [2.45, 2.75) is 51.0 Å². The number of unbranched alkanes of at least 4 members (excludes halogenated alkanes) is 2. The molecule has 0 aromatic heterocycles. The Kier molecular flexibility index (Phi) is 8.58. The Balaban J connectivity index is 1.41. The fourth-order valence-corrected chi connectivity index (χ4v) is 5.78. The van der Waals surface area contributed by atoms with Crippen LogP contribution in [0.1, 0.15) is 66.3 Å². The highest BCUT2D eigenvalue weighted by molar-refractivity contribution is 6.00. The predicted octanol–water partition coefficient (Wildman–Crippen LogP) is 7.29. The summed E-state index contributed by atoms with van der Waals surface area (Å²) in [6.07, 6.45) is 6.12. The third-order valence-electron chi connectivity index (χ3n) is 7.75. The molecule has 202 valence electrons. The van der Waals surface area contributed by atoms with Crippen LogP contribution in [0.25, 0.3) is 11.1 Å². The Morgan fingerprint density at radius 1 is 0.974 bits per heavy atom. The molecule has 0 bridgehead atoms. The van der Waals surface area contributed by atoms with Gasteiger partial charge in [0.1, 0.15) is 29.5 Å². The third-order valence-corrected chi connectivity index (χ3v) is 7.75. The van der Waals surface area contributed by atoms with Crippen molar-refractivity contribution in [2.24, 2.45) is 0 Å². The maximum Gasteiger partial charge on any atom is 0.141 e. The van der Waals surface area contributed by atoms with Crippen LogP contribution in [0.2, 0.25) is 0 Å². The number of ether oxygens (including phenoxy) is 1. The molecular formula is C33H34F2N2O2. The molecule has 6 heteroatoms. The van der Waals surface area contributed by atoms with Crippen LogP contribution < -0.4 is 4.74 Å². The molecule has 1 fully saturated rings. The summed E-state index contributed by atoms with van der Waals surface area (Å²) < 4.78 is 33.3. The van der Waals surface area contributed by atoms with Gasteiger partial charge >= 0.3 is 0 Å². The summed E-state index contributed by atoms with van der Waals surface area (Å²) in [5.41, 5.74) is 5.92. The molecule has 0 radical (unpaired) electrons. The van der Waals surface area contributed by atoms with Gasteiger partial charge in [0.15, 0.2) is 0 Å². The van der Waals surface area contributed by atoms with Crippen LogP contribution in [0, 0.1) is 17.1 Å². The molecule has 5 rings (SSSR count). The van der Waals surface area contributed by atoms with Crippen molar-refractivity contribution in [3.8, 4) is 17.6 Å². The molecule has 4 nitrogen and oxygen atoms in total. The van der Waals surface area contributed by atoms with E-state index in [1.165, 1.54) is 6.07 Å². The van der Waals surface area contributed by atoms with E-state index in [9.17, 15) is 19.1 Å². The molecule has 0 amide bonds. The fraction of sp³-hybridized carbons (Fsp3) is 0.364. The van der Waals surface area contributed by atoms with Gasteiger partial charge in [0, 0.05) is 13.1 Å². The van der Waals surface area contributed by atoms with E-state index in [-0.39, 0.29) is 24.1 Å². The molecule has 0 unspecified atom stereocenters. The zero-order chi connectivity index (χ0) is 27.2. The monoisotopic (exact) mass is 528 g/mol. The molecule has 0 spiro atoms. The van der Waals surface area contributed by atoms with Crippen LogP contribution in [0.15, 0.2) is 60.7 Å². The standard InChI is InChI=1S/C33H34F2N2O2/c34-16-2-1-3-17-37-18-15-29(22-37)39-28-12-9-23(10-13-28)33-30(25-7-8-26(21-36)32(35)20-25)6-4-5-24-19-27(38)11-14-31(24)33/h7-14,19-20,29,38H,1-6,15-18,22H2/t29-/m0/s1. The first-order valence-electron chi connectivity index (χ1n) is 13.9. The number of halogens is 2. The van der Waals surface area contributed by atoms with Gasteiger partial charge in [0.25, 0.3) is 0 Å². The number of benzene rings is 3. The molecule has 1 heterocycles. The van der Waals surface area contributed by atoms with Crippen LogP contribution in [0.4, 0.5) is 8.78 Å². The number of phenols is 1. The molecule has 1 saturated heterocycles. The number of alkyl halides is 1. The molecule has 1 aliphatic carbocycles. The number of nitrogens with zero attached hydrogens (tertiary/aromatic N) is 2. The number of nitriles is 1. The first-order valence-corrected chi connectivity index (χ1v) is 13.9. The first kappa shape index (κ1) is 26.9. The largest absolute Gasteiger partial charge is 0.508 e. The normalized spacial score (nSPS) is 17.5. The number of allylic oxidation sites excluding steroid dienone is 1. The van der Waals surface area contributed by atoms with Gasteiger partial charge < -0.3 is 9.84 Å². The van der Waals surface area contributed by atoms with Crippen molar-refractivity contribution in [1.29, 1.82) is 5.26 Å². The molecule has 1 aliphatic heterocycles. The summed E-state index contributed by atoms with van der Waals surface area (Å²) in [4.78, 5) is 2.39.